The number of aromatic nitrogens is 1. The van der Waals surface area contributed by atoms with Crippen molar-refractivity contribution in [2.45, 2.75) is 59.4 Å². The van der Waals surface area contributed by atoms with E-state index in [9.17, 15) is 4.79 Å². The van der Waals surface area contributed by atoms with Gasteiger partial charge in [-0.25, -0.2) is 0 Å². The van der Waals surface area contributed by atoms with Gasteiger partial charge in [0.2, 0.25) is 0 Å². The van der Waals surface area contributed by atoms with Crippen LogP contribution >= 0.6 is 0 Å². The second kappa shape index (κ2) is 6.84. The summed E-state index contributed by atoms with van der Waals surface area (Å²) in [7, 11) is 0. The highest BCUT2D eigenvalue weighted by molar-refractivity contribution is 6.00. The molecule has 3 nitrogen and oxygen atoms in total. The minimum absolute atomic E-state index is 0.173. The Morgan fingerprint density at radius 2 is 1.67 bits per heavy atom. The van der Waals surface area contributed by atoms with E-state index < -0.39 is 0 Å². The van der Waals surface area contributed by atoms with Crippen molar-refractivity contribution in [2.24, 2.45) is 0 Å². The number of carbonyl (C=O) groups excluding carboxylic acids is 1. The molecule has 24 heavy (non-hydrogen) atoms. The second-order valence-electron chi connectivity index (χ2n) is 7.25. The minimum Gasteiger partial charge on any atom is -0.378 e. The predicted octanol–water partition coefficient (Wildman–Crippen LogP) is 5.13. The summed E-state index contributed by atoms with van der Waals surface area (Å²) in [6, 6.07) is 8.96. The number of benzene rings is 1. The highest BCUT2D eigenvalue weighted by Gasteiger charge is 2.23. The zero-order valence-corrected chi connectivity index (χ0v) is 15.3. The molecule has 1 aromatic carbocycles. The fourth-order valence-corrected chi connectivity index (χ4v) is 4.14. The zero-order valence-electron chi connectivity index (χ0n) is 15.3. The molecule has 0 aliphatic heterocycles. The first-order valence-electron chi connectivity index (χ1n) is 8.99. The third kappa shape index (κ3) is 3.40. The van der Waals surface area contributed by atoms with Crippen molar-refractivity contribution in [3.8, 4) is 0 Å². The standard InChI is InChI=1S/C21H28N2O/c1-14-9-15(2)11-18(10-14)22-13-21(24)20-12-16(3)23(17(20)4)19-7-5-6-8-19/h9-12,19,22H,5-8,13H2,1-4H3. The van der Waals surface area contributed by atoms with Gasteiger partial charge in [-0.05, 0) is 69.9 Å². The average molecular weight is 324 g/mol. The summed E-state index contributed by atoms with van der Waals surface area (Å²) in [6.45, 7) is 8.72. The van der Waals surface area contributed by atoms with Crippen LogP contribution in [0.5, 0.6) is 0 Å². The van der Waals surface area contributed by atoms with E-state index in [-0.39, 0.29) is 5.78 Å². The SMILES string of the molecule is Cc1cc(C)cc(NCC(=O)c2cc(C)n(C3CCCC3)c2C)c1. The van der Waals surface area contributed by atoms with E-state index in [4.69, 9.17) is 0 Å². The Kier molecular flexibility index (Phi) is 4.79. The van der Waals surface area contributed by atoms with Gasteiger partial charge in [-0.3, -0.25) is 4.79 Å². The number of aryl methyl sites for hydroxylation is 3. The van der Waals surface area contributed by atoms with Crippen LogP contribution in [0.15, 0.2) is 24.3 Å². The zero-order chi connectivity index (χ0) is 17.3. The highest BCUT2D eigenvalue weighted by atomic mass is 16.1. The molecular weight excluding hydrogens is 296 g/mol. The van der Waals surface area contributed by atoms with Crippen molar-refractivity contribution >= 4 is 11.5 Å². The van der Waals surface area contributed by atoms with Gasteiger partial charge in [0.1, 0.15) is 0 Å². The van der Waals surface area contributed by atoms with Crippen molar-refractivity contribution in [1.29, 1.82) is 0 Å². The molecule has 128 valence electrons. The molecule has 1 aromatic heterocycles. The van der Waals surface area contributed by atoms with Crippen LogP contribution in [-0.2, 0) is 0 Å². The van der Waals surface area contributed by atoms with Gasteiger partial charge in [-0.2, -0.15) is 0 Å². The molecule has 1 saturated carbocycles. The van der Waals surface area contributed by atoms with E-state index >= 15 is 0 Å². The number of nitrogens with zero attached hydrogens (tertiary/aromatic N) is 1. The number of Topliss-reactive ketones (excluding diaryl/α,β-unsaturated/α-hetero) is 1. The minimum atomic E-state index is 0.173. The first-order valence-corrected chi connectivity index (χ1v) is 8.99. The molecule has 1 heterocycles. The van der Waals surface area contributed by atoms with Crippen LogP contribution in [0.1, 0.15) is 64.6 Å². The van der Waals surface area contributed by atoms with Gasteiger partial charge in [0, 0.05) is 28.7 Å². The van der Waals surface area contributed by atoms with E-state index in [1.165, 1.54) is 42.5 Å². The molecule has 1 aliphatic rings. The number of hydrogen-bond donors (Lipinski definition) is 1. The van der Waals surface area contributed by atoms with Crippen LogP contribution in [0, 0.1) is 27.7 Å². The van der Waals surface area contributed by atoms with Gasteiger partial charge in [0.05, 0.1) is 6.54 Å². The van der Waals surface area contributed by atoms with Crippen LogP contribution in [0.2, 0.25) is 0 Å². The predicted molar refractivity (Wildman–Crippen MR) is 100 cm³/mol. The maximum atomic E-state index is 12.7. The molecule has 2 aromatic rings. The van der Waals surface area contributed by atoms with E-state index in [2.05, 4.69) is 61.8 Å². The van der Waals surface area contributed by atoms with Crippen LogP contribution in [0.25, 0.3) is 0 Å². The number of anilines is 1. The summed E-state index contributed by atoms with van der Waals surface area (Å²) in [5.41, 5.74) is 6.66. The quantitative estimate of drug-likeness (QED) is 0.773. The van der Waals surface area contributed by atoms with E-state index in [1.54, 1.807) is 0 Å². The molecule has 0 atom stereocenters. The van der Waals surface area contributed by atoms with Gasteiger partial charge in [0.15, 0.2) is 5.78 Å². The molecule has 0 spiro atoms. The lowest BCUT2D eigenvalue weighted by molar-refractivity contribution is 0.101. The van der Waals surface area contributed by atoms with E-state index in [0.717, 1.165) is 16.9 Å². The lowest BCUT2D eigenvalue weighted by atomic mass is 10.1. The second-order valence-corrected chi connectivity index (χ2v) is 7.25. The van der Waals surface area contributed by atoms with Gasteiger partial charge in [-0.15, -0.1) is 0 Å². The molecule has 3 heteroatoms. The maximum Gasteiger partial charge on any atom is 0.183 e. The van der Waals surface area contributed by atoms with Crippen LogP contribution in [0.4, 0.5) is 5.69 Å². The Labute approximate surface area is 145 Å². The summed E-state index contributed by atoms with van der Waals surface area (Å²) in [6.07, 6.45) is 5.09. The van der Waals surface area contributed by atoms with E-state index in [1.807, 2.05) is 0 Å². The van der Waals surface area contributed by atoms with Crippen molar-refractivity contribution in [3.63, 3.8) is 0 Å². The lowest BCUT2D eigenvalue weighted by Crippen LogP contribution is -2.16. The first kappa shape index (κ1) is 16.8. The van der Waals surface area contributed by atoms with Crippen molar-refractivity contribution < 1.29 is 4.79 Å². The molecular formula is C21H28N2O. The monoisotopic (exact) mass is 324 g/mol. The molecule has 0 bridgehead atoms. The molecule has 0 unspecified atom stereocenters. The van der Waals surface area contributed by atoms with E-state index in [0.29, 0.717) is 12.6 Å². The van der Waals surface area contributed by atoms with Crippen LogP contribution < -0.4 is 5.32 Å². The number of nitrogens with one attached hydrogen (secondary N) is 1. The Hall–Kier alpha value is -2.03. The van der Waals surface area contributed by atoms with Gasteiger partial charge in [0.25, 0.3) is 0 Å². The molecule has 1 aliphatic carbocycles. The average Bonchev–Trinajstić information content (AvgIpc) is 3.12. The highest BCUT2D eigenvalue weighted by Crippen LogP contribution is 2.33. The van der Waals surface area contributed by atoms with Crippen molar-refractivity contribution in [1.82, 2.24) is 4.57 Å². The number of hydrogen-bond acceptors (Lipinski definition) is 2. The molecule has 0 amide bonds. The summed E-state index contributed by atoms with van der Waals surface area (Å²) < 4.78 is 2.39. The fourth-order valence-electron chi connectivity index (χ4n) is 4.14. The van der Waals surface area contributed by atoms with Gasteiger partial charge in [-0.1, -0.05) is 18.9 Å². The third-order valence-corrected chi connectivity index (χ3v) is 5.15. The Morgan fingerprint density at radius 1 is 1.04 bits per heavy atom. The fraction of sp³-hybridized carbons (Fsp3) is 0.476. The Morgan fingerprint density at radius 3 is 2.29 bits per heavy atom. The molecule has 0 saturated heterocycles. The van der Waals surface area contributed by atoms with Crippen molar-refractivity contribution in [2.75, 3.05) is 11.9 Å². The molecule has 1 N–H and O–H groups in total. The van der Waals surface area contributed by atoms with Crippen LogP contribution in [-0.4, -0.2) is 16.9 Å². The van der Waals surface area contributed by atoms with Gasteiger partial charge >= 0.3 is 0 Å². The lowest BCUT2D eigenvalue weighted by Gasteiger charge is -2.17. The number of rotatable bonds is 5. The van der Waals surface area contributed by atoms with Crippen LogP contribution in [0.3, 0.4) is 0 Å². The summed E-state index contributed by atoms with van der Waals surface area (Å²) in [4.78, 5) is 12.7. The summed E-state index contributed by atoms with van der Waals surface area (Å²) in [5.74, 6) is 0.173. The maximum absolute atomic E-state index is 12.7. The number of carbonyl (C=O) groups is 1. The summed E-state index contributed by atoms with van der Waals surface area (Å²) in [5, 5.41) is 3.29. The molecule has 1 fully saturated rings. The largest absolute Gasteiger partial charge is 0.378 e. The molecule has 3 rings (SSSR count). The number of ketones is 1. The normalized spacial score (nSPS) is 15.0. The smallest absolute Gasteiger partial charge is 0.183 e. The van der Waals surface area contributed by atoms with Crippen molar-refractivity contribution in [3.05, 3.63) is 52.3 Å². The Bertz CT molecular complexity index is 731. The Balaban J connectivity index is 1.74. The third-order valence-electron chi connectivity index (χ3n) is 5.15. The summed E-state index contributed by atoms with van der Waals surface area (Å²) >= 11 is 0. The topological polar surface area (TPSA) is 34.0 Å². The molecule has 0 radical (unpaired) electrons. The van der Waals surface area contributed by atoms with Gasteiger partial charge < -0.3 is 9.88 Å². The first-order chi connectivity index (χ1) is 11.5.